The van der Waals surface area contributed by atoms with Gasteiger partial charge in [-0.05, 0) is 30.9 Å². The van der Waals surface area contributed by atoms with Crippen LogP contribution >= 0.6 is 0 Å². The zero-order valence-electron chi connectivity index (χ0n) is 10.3. The number of amidine groups is 1. The zero-order valence-corrected chi connectivity index (χ0v) is 10.3. The molecule has 0 aliphatic heterocycles. The molecular formula is C12H19N3O2. The van der Waals surface area contributed by atoms with E-state index >= 15 is 0 Å². The third kappa shape index (κ3) is 4.30. The van der Waals surface area contributed by atoms with Crippen LogP contribution in [0.4, 0.5) is 0 Å². The number of rotatable bonds is 6. The van der Waals surface area contributed by atoms with Crippen LogP contribution in [0.3, 0.4) is 0 Å². The Kier molecular flexibility index (Phi) is 5.26. The van der Waals surface area contributed by atoms with Crippen LogP contribution in [0.15, 0.2) is 23.5 Å². The molecule has 0 saturated carbocycles. The molecule has 0 aliphatic carbocycles. The highest BCUT2D eigenvalue weighted by Gasteiger charge is 2.09. The molecule has 0 aromatic carbocycles. The van der Waals surface area contributed by atoms with Crippen molar-refractivity contribution in [2.45, 2.75) is 26.7 Å². The largest absolute Gasteiger partial charge is 0.491 e. The highest BCUT2D eigenvalue weighted by Crippen LogP contribution is 2.15. The summed E-state index contributed by atoms with van der Waals surface area (Å²) in [6, 6.07) is 3.52. The minimum absolute atomic E-state index is 0.0375. The minimum Gasteiger partial charge on any atom is -0.491 e. The molecular weight excluding hydrogens is 218 g/mol. The summed E-state index contributed by atoms with van der Waals surface area (Å²) in [6.45, 7) is 4.95. The molecule has 0 aliphatic rings. The van der Waals surface area contributed by atoms with E-state index in [0.29, 0.717) is 24.0 Å². The zero-order chi connectivity index (χ0) is 12.7. The molecule has 0 fully saturated rings. The Balaban J connectivity index is 2.58. The lowest BCUT2D eigenvalue weighted by molar-refractivity contribution is 0.294. The summed E-state index contributed by atoms with van der Waals surface area (Å²) >= 11 is 0. The first-order valence-electron chi connectivity index (χ1n) is 5.71. The molecule has 0 atom stereocenters. The fourth-order valence-electron chi connectivity index (χ4n) is 1.42. The quantitative estimate of drug-likeness (QED) is 0.261. The maximum atomic E-state index is 8.62. The number of oxime groups is 1. The van der Waals surface area contributed by atoms with Crippen LogP contribution in [0.25, 0.3) is 0 Å². The summed E-state index contributed by atoms with van der Waals surface area (Å²) < 4.78 is 5.58. The number of hydrogen-bond donors (Lipinski definition) is 2. The van der Waals surface area contributed by atoms with Gasteiger partial charge in [0.25, 0.3) is 0 Å². The SMILES string of the molecule is CC(C)CCCOc1cccnc1/C(N)=N/O. The van der Waals surface area contributed by atoms with Crippen molar-refractivity contribution >= 4 is 5.84 Å². The Bertz CT molecular complexity index is 378. The molecule has 3 N–H and O–H groups in total. The molecule has 0 saturated heterocycles. The van der Waals surface area contributed by atoms with E-state index in [0.717, 1.165) is 12.8 Å². The van der Waals surface area contributed by atoms with Gasteiger partial charge in [-0.15, -0.1) is 0 Å². The third-order valence-corrected chi connectivity index (χ3v) is 2.30. The van der Waals surface area contributed by atoms with Crippen molar-refractivity contribution in [3.05, 3.63) is 24.0 Å². The van der Waals surface area contributed by atoms with E-state index in [9.17, 15) is 0 Å². The molecule has 5 heteroatoms. The van der Waals surface area contributed by atoms with Gasteiger partial charge in [0.15, 0.2) is 11.5 Å². The number of nitrogens with two attached hydrogens (primary N) is 1. The Morgan fingerprint density at radius 3 is 3.00 bits per heavy atom. The Morgan fingerprint density at radius 2 is 2.35 bits per heavy atom. The van der Waals surface area contributed by atoms with Crippen LogP contribution in [0.2, 0.25) is 0 Å². The number of hydrogen-bond acceptors (Lipinski definition) is 4. The third-order valence-electron chi connectivity index (χ3n) is 2.30. The second-order valence-electron chi connectivity index (χ2n) is 4.22. The van der Waals surface area contributed by atoms with E-state index in [1.54, 1.807) is 18.3 Å². The van der Waals surface area contributed by atoms with Crippen LogP contribution in [0.5, 0.6) is 5.75 Å². The Hall–Kier alpha value is -1.78. The topological polar surface area (TPSA) is 80.7 Å². The van der Waals surface area contributed by atoms with Crippen molar-refractivity contribution < 1.29 is 9.94 Å². The van der Waals surface area contributed by atoms with Crippen LogP contribution in [-0.2, 0) is 0 Å². The Morgan fingerprint density at radius 1 is 1.59 bits per heavy atom. The van der Waals surface area contributed by atoms with Crippen molar-refractivity contribution in [3.63, 3.8) is 0 Å². The molecule has 1 aromatic rings. The van der Waals surface area contributed by atoms with E-state index in [-0.39, 0.29) is 5.84 Å². The van der Waals surface area contributed by atoms with E-state index in [4.69, 9.17) is 15.7 Å². The highest BCUT2D eigenvalue weighted by atomic mass is 16.5. The summed E-state index contributed by atoms with van der Waals surface area (Å²) in [5, 5.41) is 11.6. The minimum atomic E-state index is -0.0375. The van der Waals surface area contributed by atoms with E-state index in [1.165, 1.54) is 0 Å². The van der Waals surface area contributed by atoms with E-state index < -0.39 is 0 Å². The molecule has 1 rings (SSSR count). The van der Waals surface area contributed by atoms with Gasteiger partial charge in [0.05, 0.1) is 6.61 Å². The van der Waals surface area contributed by atoms with Gasteiger partial charge < -0.3 is 15.7 Å². The molecule has 94 valence electrons. The van der Waals surface area contributed by atoms with Gasteiger partial charge in [0.1, 0.15) is 5.75 Å². The lowest BCUT2D eigenvalue weighted by atomic mass is 10.1. The molecule has 1 aromatic heterocycles. The number of pyridine rings is 1. The fourth-order valence-corrected chi connectivity index (χ4v) is 1.42. The van der Waals surface area contributed by atoms with Gasteiger partial charge in [-0.2, -0.15) is 0 Å². The van der Waals surface area contributed by atoms with Gasteiger partial charge in [0, 0.05) is 6.20 Å². The summed E-state index contributed by atoms with van der Waals surface area (Å²) in [6.07, 6.45) is 3.66. The smallest absolute Gasteiger partial charge is 0.192 e. The summed E-state index contributed by atoms with van der Waals surface area (Å²) in [7, 11) is 0. The molecule has 0 radical (unpaired) electrons. The van der Waals surface area contributed by atoms with Crippen molar-refractivity contribution in [2.24, 2.45) is 16.8 Å². The maximum Gasteiger partial charge on any atom is 0.192 e. The van der Waals surface area contributed by atoms with Crippen LogP contribution in [0, 0.1) is 5.92 Å². The lowest BCUT2D eigenvalue weighted by Crippen LogP contribution is -2.17. The van der Waals surface area contributed by atoms with Gasteiger partial charge in [-0.25, -0.2) is 4.98 Å². The maximum absolute atomic E-state index is 8.62. The first-order chi connectivity index (χ1) is 8.15. The Labute approximate surface area is 101 Å². The van der Waals surface area contributed by atoms with E-state index in [2.05, 4.69) is 24.0 Å². The molecule has 0 bridgehead atoms. The van der Waals surface area contributed by atoms with Gasteiger partial charge in [-0.1, -0.05) is 19.0 Å². The lowest BCUT2D eigenvalue weighted by Gasteiger charge is -2.10. The number of ether oxygens (including phenoxy) is 1. The second-order valence-corrected chi connectivity index (χ2v) is 4.22. The molecule has 0 unspecified atom stereocenters. The first kappa shape index (κ1) is 13.3. The normalized spacial score (nSPS) is 11.8. The molecule has 5 nitrogen and oxygen atoms in total. The van der Waals surface area contributed by atoms with Crippen molar-refractivity contribution in [1.29, 1.82) is 0 Å². The van der Waals surface area contributed by atoms with Crippen molar-refractivity contribution in [1.82, 2.24) is 4.98 Å². The summed E-state index contributed by atoms with van der Waals surface area (Å²) in [5.74, 6) is 1.17. The van der Waals surface area contributed by atoms with Crippen molar-refractivity contribution in [3.8, 4) is 5.75 Å². The standard InChI is InChI=1S/C12H19N3O2/c1-9(2)5-4-8-17-10-6-3-7-14-11(10)12(13)15-16/h3,6-7,9,16H,4-5,8H2,1-2H3,(H2,13,15). The number of aromatic nitrogens is 1. The van der Waals surface area contributed by atoms with Crippen LogP contribution in [0.1, 0.15) is 32.4 Å². The van der Waals surface area contributed by atoms with Gasteiger partial charge in [-0.3, -0.25) is 0 Å². The predicted octanol–water partition coefficient (Wildman–Crippen LogP) is 1.99. The average Bonchev–Trinajstić information content (AvgIpc) is 2.34. The van der Waals surface area contributed by atoms with Crippen molar-refractivity contribution in [2.75, 3.05) is 6.61 Å². The predicted molar refractivity (Wildman–Crippen MR) is 66.3 cm³/mol. The summed E-state index contributed by atoms with van der Waals surface area (Å²) in [5.41, 5.74) is 5.88. The molecule has 17 heavy (non-hydrogen) atoms. The molecule has 0 amide bonds. The monoisotopic (exact) mass is 237 g/mol. The average molecular weight is 237 g/mol. The number of nitrogens with zero attached hydrogens (tertiary/aromatic N) is 2. The van der Waals surface area contributed by atoms with E-state index in [1.807, 2.05) is 0 Å². The van der Waals surface area contributed by atoms with Crippen LogP contribution < -0.4 is 10.5 Å². The molecule has 1 heterocycles. The fraction of sp³-hybridized carbons (Fsp3) is 0.500. The van der Waals surface area contributed by atoms with Crippen LogP contribution in [-0.4, -0.2) is 22.6 Å². The second kappa shape index (κ2) is 6.73. The molecule has 0 spiro atoms. The highest BCUT2D eigenvalue weighted by molar-refractivity contribution is 5.97. The summed E-state index contributed by atoms with van der Waals surface area (Å²) in [4.78, 5) is 4.02. The first-order valence-corrected chi connectivity index (χ1v) is 5.71. The van der Waals surface area contributed by atoms with Gasteiger partial charge >= 0.3 is 0 Å². The van der Waals surface area contributed by atoms with Gasteiger partial charge in [0.2, 0.25) is 0 Å².